The molecule has 2 aromatic heterocycles. The zero-order valence-electron chi connectivity index (χ0n) is 15.5. The van der Waals surface area contributed by atoms with Crippen molar-refractivity contribution < 1.29 is 13.6 Å². The molecule has 0 atom stereocenters. The van der Waals surface area contributed by atoms with Crippen LogP contribution in [0.4, 0.5) is 14.5 Å². The number of anilines is 1. The van der Waals surface area contributed by atoms with Gasteiger partial charge in [-0.15, -0.1) is 0 Å². The van der Waals surface area contributed by atoms with Gasteiger partial charge in [-0.25, -0.2) is 13.8 Å². The van der Waals surface area contributed by atoms with Gasteiger partial charge in [-0.05, 0) is 19.1 Å². The van der Waals surface area contributed by atoms with E-state index in [1.165, 1.54) is 18.3 Å². The van der Waals surface area contributed by atoms with Crippen molar-refractivity contribution in [2.24, 2.45) is 7.05 Å². The molecule has 2 N–H and O–H groups in total. The Morgan fingerprint density at radius 3 is 2.63 bits per heavy atom. The summed E-state index contributed by atoms with van der Waals surface area (Å²) < 4.78 is 30.0. The molecule has 0 spiro atoms. The normalized spacial score (nSPS) is 11.9. The molecule has 2 heterocycles. The number of nitrogens with two attached hydrogens (primary N) is 1. The zero-order chi connectivity index (χ0) is 19.9. The Labute approximate surface area is 155 Å². The van der Waals surface area contributed by atoms with Crippen LogP contribution in [0, 0.1) is 18.6 Å². The van der Waals surface area contributed by atoms with Crippen molar-refractivity contribution in [1.29, 1.82) is 0 Å². The summed E-state index contributed by atoms with van der Waals surface area (Å²) in [5.74, 6) is -2.53. The van der Waals surface area contributed by atoms with Crippen molar-refractivity contribution in [1.82, 2.24) is 14.5 Å². The summed E-state index contributed by atoms with van der Waals surface area (Å²) in [7, 11) is 5.19. The van der Waals surface area contributed by atoms with Crippen LogP contribution < -0.4 is 5.73 Å². The molecule has 1 aromatic carbocycles. The van der Waals surface area contributed by atoms with Gasteiger partial charge < -0.3 is 15.2 Å². The number of rotatable bonds is 4. The molecule has 3 aromatic rings. The molecule has 3 rings (SSSR count). The lowest BCUT2D eigenvalue weighted by atomic mass is 9.95. The van der Waals surface area contributed by atoms with Gasteiger partial charge in [0.05, 0.1) is 10.9 Å². The van der Waals surface area contributed by atoms with Gasteiger partial charge in [-0.3, -0.25) is 4.79 Å². The van der Waals surface area contributed by atoms with E-state index in [1.54, 1.807) is 49.8 Å². The van der Waals surface area contributed by atoms with Crippen molar-refractivity contribution in [2.75, 3.05) is 19.8 Å². The number of ketones is 1. The number of nitrogen functional groups attached to an aromatic ring is 1. The van der Waals surface area contributed by atoms with Crippen molar-refractivity contribution >= 4 is 28.1 Å². The summed E-state index contributed by atoms with van der Waals surface area (Å²) in [4.78, 5) is 19.4. The largest absolute Gasteiger partial charge is 0.398 e. The Bertz CT molecular complexity index is 1080. The van der Waals surface area contributed by atoms with Gasteiger partial charge in [-0.2, -0.15) is 0 Å². The fourth-order valence-electron chi connectivity index (χ4n) is 3.12. The molecular weight excluding hydrogens is 350 g/mol. The monoisotopic (exact) mass is 370 g/mol. The lowest BCUT2D eigenvalue weighted by Crippen LogP contribution is -2.12. The van der Waals surface area contributed by atoms with Crippen LogP contribution in [-0.4, -0.2) is 34.3 Å². The first-order valence-electron chi connectivity index (χ1n) is 8.30. The SMILES string of the molecule is Cc1c(C(=O)C(=CN(C)C)c2cccc(F)c2F)c2c(N)ccnc2n1C. The van der Waals surface area contributed by atoms with Gasteiger partial charge in [0.1, 0.15) is 5.65 Å². The first kappa shape index (κ1) is 18.6. The van der Waals surface area contributed by atoms with Gasteiger partial charge in [0.25, 0.3) is 0 Å². The van der Waals surface area contributed by atoms with E-state index < -0.39 is 17.4 Å². The second kappa shape index (κ2) is 6.83. The van der Waals surface area contributed by atoms with Crippen LogP contribution in [0.15, 0.2) is 36.7 Å². The van der Waals surface area contributed by atoms with E-state index in [0.29, 0.717) is 28.0 Å². The topological polar surface area (TPSA) is 64.2 Å². The number of hydrogen-bond acceptors (Lipinski definition) is 4. The number of hydrogen-bond donors (Lipinski definition) is 1. The van der Waals surface area contributed by atoms with Crippen LogP contribution >= 0.6 is 0 Å². The summed E-state index contributed by atoms with van der Waals surface area (Å²) >= 11 is 0. The van der Waals surface area contributed by atoms with Gasteiger partial charge in [0, 0.05) is 56.1 Å². The second-order valence-electron chi connectivity index (χ2n) is 6.56. The number of fused-ring (bicyclic) bond motifs is 1. The van der Waals surface area contributed by atoms with Crippen molar-refractivity contribution in [3.05, 3.63) is 65.1 Å². The maximum Gasteiger partial charge on any atom is 0.197 e. The third-order valence-electron chi connectivity index (χ3n) is 4.50. The third-order valence-corrected chi connectivity index (χ3v) is 4.50. The van der Waals surface area contributed by atoms with Crippen molar-refractivity contribution in [3.63, 3.8) is 0 Å². The molecular formula is C20H20F2N4O. The summed E-state index contributed by atoms with van der Waals surface area (Å²) in [6.07, 6.45) is 3.04. The Balaban J connectivity index is 2.31. The van der Waals surface area contributed by atoms with Crippen LogP contribution in [0.25, 0.3) is 16.6 Å². The Hall–Kier alpha value is -3.22. The highest BCUT2D eigenvalue weighted by atomic mass is 19.2. The van der Waals surface area contributed by atoms with E-state index in [2.05, 4.69) is 4.98 Å². The number of allylic oxidation sites excluding steroid dienone is 1. The van der Waals surface area contributed by atoms with Gasteiger partial charge >= 0.3 is 0 Å². The van der Waals surface area contributed by atoms with Crippen LogP contribution in [0.2, 0.25) is 0 Å². The molecule has 0 aliphatic heterocycles. The molecule has 0 saturated carbocycles. The molecule has 0 fully saturated rings. The predicted molar refractivity (Wildman–Crippen MR) is 102 cm³/mol. The Morgan fingerprint density at radius 1 is 1.26 bits per heavy atom. The quantitative estimate of drug-likeness (QED) is 0.564. The first-order chi connectivity index (χ1) is 12.7. The lowest BCUT2D eigenvalue weighted by Gasteiger charge is -2.13. The third kappa shape index (κ3) is 3.05. The number of nitrogens with zero attached hydrogens (tertiary/aromatic N) is 3. The highest BCUT2D eigenvalue weighted by Crippen LogP contribution is 2.33. The van der Waals surface area contributed by atoms with E-state index >= 15 is 0 Å². The standard InChI is InChI=1S/C20H20F2N4O/c1-11-16(17-15(23)8-9-24-20(17)26(11)4)19(27)13(10-25(2)3)12-6-5-7-14(21)18(12)22/h5-10H,1-4H3,(H2,23,24). The molecule has 5 nitrogen and oxygen atoms in total. The molecule has 140 valence electrons. The smallest absolute Gasteiger partial charge is 0.197 e. The minimum absolute atomic E-state index is 0.0378. The Kier molecular flexibility index (Phi) is 4.70. The summed E-state index contributed by atoms with van der Waals surface area (Å²) in [5.41, 5.74) is 7.96. The number of Topliss-reactive ketones (excluding diaryl/α,β-unsaturated/α-hetero) is 1. The maximum atomic E-state index is 14.4. The summed E-state index contributed by atoms with van der Waals surface area (Å²) in [6.45, 7) is 1.77. The minimum atomic E-state index is -1.07. The molecule has 0 saturated heterocycles. The average Bonchev–Trinajstić information content (AvgIpc) is 2.87. The number of halogens is 2. The average molecular weight is 370 g/mol. The van der Waals surface area contributed by atoms with E-state index in [1.807, 2.05) is 0 Å². The number of carbonyl (C=O) groups excluding carboxylic acids is 1. The van der Waals surface area contributed by atoms with Crippen molar-refractivity contribution in [3.8, 4) is 0 Å². The fourth-order valence-corrected chi connectivity index (χ4v) is 3.12. The highest BCUT2D eigenvalue weighted by molar-refractivity contribution is 6.33. The summed E-state index contributed by atoms with van der Waals surface area (Å²) in [6, 6.07) is 5.38. The van der Waals surface area contributed by atoms with Gasteiger partial charge in [-0.1, -0.05) is 12.1 Å². The van der Waals surface area contributed by atoms with E-state index in [9.17, 15) is 13.6 Å². The minimum Gasteiger partial charge on any atom is -0.398 e. The van der Waals surface area contributed by atoms with Crippen molar-refractivity contribution in [2.45, 2.75) is 6.92 Å². The fraction of sp³-hybridized carbons (Fsp3) is 0.200. The molecule has 7 heteroatoms. The van der Waals surface area contributed by atoms with Gasteiger partial charge in [0.15, 0.2) is 17.4 Å². The number of carbonyl (C=O) groups is 1. The molecule has 0 aliphatic carbocycles. The second-order valence-corrected chi connectivity index (χ2v) is 6.56. The van der Waals surface area contributed by atoms with E-state index in [-0.39, 0.29) is 11.1 Å². The molecule has 0 amide bonds. The van der Waals surface area contributed by atoms with Crippen LogP contribution in [0.1, 0.15) is 21.6 Å². The Morgan fingerprint density at radius 2 is 1.96 bits per heavy atom. The maximum absolute atomic E-state index is 14.4. The predicted octanol–water partition coefficient (Wildman–Crippen LogP) is 3.53. The molecule has 0 aliphatic rings. The highest BCUT2D eigenvalue weighted by Gasteiger charge is 2.27. The van der Waals surface area contributed by atoms with Crippen LogP contribution in [0.3, 0.4) is 0 Å². The molecule has 0 radical (unpaired) electrons. The first-order valence-corrected chi connectivity index (χ1v) is 8.30. The van der Waals surface area contributed by atoms with E-state index in [4.69, 9.17) is 5.73 Å². The number of aryl methyl sites for hydroxylation is 1. The zero-order valence-corrected chi connectivity index (χ0v) is 15.5. The van der Waals surface area contributed by atoms with Crippen LogP contribution in [-0.2, 0) is 7.05 Å². The molecule has 0 bridgehead atoms. The van der Waals surface area contributed by atoms with E-state index in [0.717, 1.165) is 6.07 Å². The molecule has 0 unspecified atom stereocenters. The number of benzene rings is 1. The van der Waals surface area contributed by atoms with Gasteiger partial charge in [0.2, 0.25) is 0 Å². The molecule has 27 heavy (non-hydrogen) atoms. The number of pyridine rings is 1. The van der Waals surface area contributed by atoms with Crippen LogP contribution in [0.5, 0.6) is 0 Å². The lowest BCUT2D eigenvalue weighted by molar-refractivity contribution is 0.105. The summed E-state index contributed by atoms with van der Waals surface area (Å²) in [5, 5.41) is 0.504. The number of aromatic nitrogens is 2.